The van der Waals surface area contributed by atoms with Gasteiger partial charge in [0.25, 0.3) is 5.91 Å². The summed E-state index contributed by atoms with van der Waals surface area (Å²) in [5, 5.41) is 0. The Morgan fingerprint density at radius 2 is 1.67 bits per heavy atom. The van der Waals surface area contributed by atoms with E-state index in [2.05, 4.69) is 11.5 Å². The van der Waals surface area contributed by atoms with Crippen molar-refractivity contribution < 1.29 is 14.3 Å². The monoisotopic (exact) mass is 441 g/mol. The summed E-state index contributed by atoms with van der Waals surface area (Å²) in [5.74, 6) is 1.25. The number of amides is 1. The summed E-state index contributed by atoms with van der Waals surface area (Å²) in [7, 11) is 0. The number of ketones is 1. The maximum absolute atomic E-state index is 12.1. The Bertz CT molecular complexity index is 1140. The topological polar surface area (TPSA) is 85.5 Å². The number of nitrogens with two attached hydrogens (primary N) is 1. The van der Waals surface area contributed by atoms with Crippen LogP contribution in [0.1, 0.15) is 34.8 Å². The van der Waals surface area contributed by atoms with Gasteiger partial charge in [-0.15, -0.1) is 0 Å². The van der Waals surface area contributed by atoms with Gasteiger partial charge in [-0.2, -0.15) is 0 Å². The Labute approximate surface area is 193 Å². The molecule has 6 heteroatoms. The minimum Gasteiger partial charge on any atom is -0.457 e. The molecule has 0 unspecified atom stereocenters. The molecule has 0 saturated carbocycles. The molecule has 4 rings (SSSR count). The van der Waals surface area contributed by atoms with Crippen LogP contribution in [0.4, 0.5) is 0 Å². The van der Waals surface area contributed by atoms with Crippen LogP contribution in [0.3, 0.4) is 0 Å². The lowest BCUT2D eigenvalue weighted by Gasteiger charge is -2.31. The van der Waals surface area contributed by atoms with Gasteiger partial charge in [0.2, 0.25) is 0 Å². The first-order valence-electron chi connectivity index (χ1n) is 11.0. The van der Waals surface area contributed by atoms with E-state index in [1.807, 2.05) is 60.7 Å². The lowest BCUT2D eigenvalue weighted by Crippen LogP contribution is -2.36. The van der Waals surface area contributed by atoms with Crippen LogP contribution in [0.15, 0.2) is 79.4 Å². The Balaban J connectivity index is 1.53. The van der Waals surface area contributed by atoms with Gasteiger partial charge in [-0.3, -0.25) is 19.5 Å². The van der Waals surface area contributed by atoms with Crippen molar-refractivity contribution in [1.29, 1.82) is 0 Å². The maximum Gasteiger partial charge on any atom is 0.250 e. The van der Waals surface area contributed by atoms with Crippen molar-refractivity contribution in [2.24, 2.45) is 5.73 Å². The summed E-state index contributed by atoms with van der Waals surface area (Å²) in [6.07, 6.45) is 3.17. The van der Waals surface area contributed by atoms with Gasteiger partial charge in [0.1, 0.15) is 11.5 Å². The number of hydrogen-bond acceptors (Lipinski definition) is 5. The van der Waals surface area contributed by atoms with Crippen molar-refractivity contribution in [3.8, 4) is 22.8 Å². The number of aromatic nitrogens is 1. The van der Waals surface area contributed by atoms with E-state index in [1.165, 1.54) is 6.08 Å². The number of pyridine rings is 1. The maximum atomic E-state index is 12.1. The molecule has 2 heterocycles. The predicted molar refractivity (Wildman–Crippen MR) is 128 cm³/mol. The number of para-hydroxylation sites is 1. The molecule has 1 amide bonds. The molecule has 168 valence electrons. The number of rotatable bonds is 8. The van der Waals surface area contributed by atoms with Crippen molar-refractivity contribution in [2.75, 3.05) is 19.6 Å². The van der Waals surface area contributed by atoms with Crippen LogP contribution in [0, 0.1) is 0 Å². The van der Waals surface area contributed by atoms with Gasteiger partial charge in [-0.1, -0.05) is 24.8 Å². The second-order valence-electron chi connectivity index (χ2n) is 8.16. The van der Waals surface area contributed by atoms with E-state index < -0.39 is 5.91 Å². The molecular formula is C27H27N3O3. The second kappa shape index (κ2) is 10.2. The lowest BCUT2D eigenvalue weighted by molar-refractivity contribution is -0.115. The van der Waals surface area contributed by atoms with Crippen molar-refractivity contribution >= 4 is 11.7 Å². The molecule has 33 heavy (non-hydrogen) atoms. The Hall–Kier alpha value is -3.77. The average Bonchev–Trinajstić information content (AvgIpc) is 2.85. The number of primary amides is 1. The van der Waals surface area contributed by atoms with Crippen LogP contribution in [-0.4, -0.2) is 41.2 Å². The highest BCUT2D eigenvalue weighted by atomic mass is 16.5. The minimum absolute atomic E-state index is 0.0411. The van der Waals surface area contributed by atoms with E-state index in [0.29, 0.717) is 23.6 Å². The van der Waals surface area contributed by atoms with E-state index >= 15 is 0 Å². The van der Waals surface area contributed by atoms with E-state index in [9.17, 15) is 9.59 Å². The van der Waals surface area contributed by atoms with Crippen LogP contribution in [0.2, 0.25) is 0 Å². The molecule has 0 spiro atoms. The van der Waals surface area contributed by atoms with Gasteiger partial charge < -0.3 is 10.5 Å². The van der Waals surface area contributed by atoms with Gasteiger partial charge in [0.05, 0.1) is 17.8 Å². The zero-order valence-electron chi connectivity index (χ0n) is 18.4. The third-order valence-corrected chi connectivity index (χ3v) is 5.90. The summed E-state index contributed by atoms with van der Waals surface area (Å²) in [5.41, 5.74) is 8.36. The number of carbonyl (C=O) groups excluding carboxylic acids is 2. The summed E-state index contributed by atoms with van der Waals surface area (Å²) in [4.78, 5) is 30.7. The van der Waals surface area contributed by atoms with E-state index in [4.69, 9.17) is 15.5 Å². The largest absolute Gasteiger partial charge is 0.457 e. The average molecular weight is 442 g/mol. The number of benzene rings is 2. The van der Waals surface area contributed by atoms with Crippen molar-refractivity contribution in [3.63, 3.8) is 0 Å². The normalized spacial score (nSPS) is 14.5. The van der Waals surface area contributed by atoms with Crippen LogP contribution >= 0.6 is 0 Å². The van der Waals surface area contributed by atoms with E-state index in [-0.39, 0.29) is 11.7 Å². The molecule has 0 atom stereocenters. The molecule has 1 aromatic heterocycles. The molecular weight excluding hydrogens is 414 g/mol. The zero-order valence-corrected chi connectivity index (χ0v) is 18.4. The summed E-state index contributed by atoms with van der Waals surface area (Å²) < 4.78 is 5.86. The minimum atomic E-state index is -0.508. The number of piperidine rings is 1. The van der Waals surface area contributed by atoms with Gasteiger partial charge in [-0.05, 0) is 80.5 Å². The standard InChI is InChI=1S/C27H27N3O3/c1-2-21(31)18-30-16-14-19(15-17-30)25-13-12-24(27(28)32)26(29-25)20-8-10-23(11-9-20)33-22-6-4-3-5-7-22/h2-13,19H,1,14-18H2,(H2,28,32). The quantitative estimate of drug-likeness (QED) is 0.518. The van der Waals surface area contributed by atoms with Crippen LogP contribution in [0.25, 0.3) is 11.3 Å². The number of carbonyl (C=O) groups is 2. The molecule has 0 radical (unpaired) electrons. The fourth-order valence-electron chi connectivity index (χ4n) is 4.10. The SMILES string of the molecule is C=CC(=O)CN1CCC(c2ccc(C(N)=O)c(-c3ccc(Oc4ccccc4)cc3)n2)CC1. The first-order chi connectivity index (χ1) is 16.0. The lowest BCUT2D eigenvalue weighted by atomic mass is 9.91. The molecule has 0 bridgehead atoms. The number of nitrogens with zero attached hydrogens (tertiary/aromatic N) is 2. The Kier molecular flexibility index (Phi) is 6.95. The van der Waals surface area contributed by atoms with Crippen LogP contribution in [0.5, 0.6) is 11.5 Å². The second-order valence-corrected chi connectivity index (χ2v) is 8.16. The Morgan fingerprint density at radius 3 is 2.30 bits per heavy atom. The van der Waals surface area contributed by atoms with Gasteiger partial charge in [0.15, 0.2) is 5.78 Å². The molecule has 1 aliphatic heterocycles. The number of likely N-dealkylation sites (tertiary alicyclic amines) is 1. The molecule has 2 N–H and O–H groups in total. The van der Waals surface area contributed by atoms with E-state index in [0.717, 1.165) is 42.9 Å². The summed E-state index contributed by atoms with van der Waals surface area (Å²) in [6, 6.07) is 20.7. The molecule has 1 aliphatic rings. The number of ether oxygens (including phenoxy) is 1. The summed E-state index contributed by atoms with van der Waals surface area (Å²) >= 11 is 0. The highest BCUT2D eigenvalue weighted by molar-refractivity contribution is 5.98. The van der Waals surface area contributed by atoms with E-state index in [1.54, 1.807) is 6.07 Å². The highest BCUT2D eigenvalue weighted by Crippen LogP contribution is 2.31. The highest BCUT2D eigenvalue weighted by Gasteiger charge is 2.24. The first kappa shape index (κ1) is 22.4. The van der Waals surface area contributed by atoms with Crippen LogP contribution < -0.4 is 10.5 Å². The zero-order chi connectivity index (χ0) is 23.2. The predicted octanol–water partition coefficient (Wildman–Crippen LogP) is 4.57. The third-order valence-electron chi connectivity index (χ3n) is 5.90. The van der Waals surface area contributed by atoms with Gasteiger partial charge in [0, 0.05) is 17.2 Å². The van der Waals surface area contributed by atoms with Crippen molar-refractivity contribution in [2.45, 2.75) is 18.8 Å². The third kappa shape index (κ3) is 5.54. The molecule has 0 aliphatic carbocycles. The van der Waals surface area contributed by atoms with Crippen molar-refractivity contribution in [3.05, 3.63) is 90.6 Å². The van der Waals surface area contributed by atoms with Crippen LogP contribution in [-0.2, 0) is 4.79 Å². The number of hydrogen-bond donors (Lipinski definition) is 1. The van der Waals surface area contributed by atoms with Gasteiger partial charge >= 0.3 is 0 Å². The van der Waals surface area contributed by atoms with Gasteiger partial charge in [-0.25, -0.2) is 0 Å². The first-order valence-corrected chi connectivity index (χ1v) is 11.0. The van der Waals surface area contributed by atoms with Crippen molar-refractivity contribution in [1.82, 2.24) is 9.88 Å². The molecule has 6 nitrogen and oxygen atoms in total. The summed E-state index contributed by atoms with van der Waals surface area (Å²) in [6.45, 7) is 5.60. The molecule has 1 fully saturated rings. The fourth-order valence-corrected chi connectivity index (χ4v) is 4.10. The Morgan fingerprint density at radius 1 is 1.00 bits per heavy atom. The molecule has 1 saturated heterocycles. The molecule has 3 aromatic rings. The smallest absolute Gasteiger partial charge is 0.250 e. The molecule has 2 aromatic carbocycles. The fraction of sp³-hybridized carbons (Fsp3) is 0.222.